The van der Waals surface area contributed by atoms with Gasteiger partial charge in [-0.05, 0) is 0 Å². The summed E-state index contributed by atoms with van der Waals surface area (Å²) >= 11 is 0. The molecule has 0 aliphatic carbocycles. The molecule has 0 nitrogen and oxygen atoms in total. The zero-order valence-corrected chi connectivity index (χ0v) is 8.43. The molecular weight excluding hydrogens is 185 g/mol. The van der Waals surface area contributed by atoms with Gasteiger partial charge in [-0.25, -0.2) is 0 Å². The Morgan fingerprint density at radius 2 is 2.22 bits per heavy atom. The zero-order chi connectivity index (χ0) is 5.82. The third kappa shape index (κ3) is 3.12. The average Bonchev–Trinajstić information content (AvgIpc) is 1.90. The van der Waals surface area contributed by atoms with E-state index in [0.29, 0.717) is 0 Å². The molecule has 0 bridgehead atoms. The first-order chi connectivity index (χ1) is 3.93. The monoisotopic (exact) mass is 194 g/mol. The van der Waals surface area contributed by atoms with E-state index in [1.54, 1.807) is 0 Å². The molecule has 0 saturated heterocycles. The van der Waals surface area contributed by atoms with E-state index in [9.17, 15) is 0 Å². The molecule has 0 spiro atoms. The Bertz CT molecular complexity index is 146. The van der Waals surface area contributed by atoms with Crippen LogP contribution in [0.4, 0.5) is 0 Å². The molecule has 0 aliphatic rings. The van der Waals surface area contributed by atoms with Gasteiger partial charge in [-0.3, -0.25) is 0 Å². The Kier molecular flexibility index (Phi) is 5.32. The summed E-state index contributed by atoms with van der Waals surface area (Å²) in [6.45, 7) is 2.13. The van der Waals surface area contributed by atoms with Crippen LogP contribution in [-0.4, -0.2) is 0 Å². The molecule has 0 amide bonds. The van der Waals surface area contributed by atoms with Gasteiger partial charge in [0.15, 0.2) is 0 Å². The van der Waals surface area contributed by atoms with E-state index in [4.69, 9.17) is 0 Å². The van der Waals surface area contributed by atoms with Crippen molar-refractivity contribution in [1.82, 2.24) is 0 Å². The molecule has 1 aromatic rings. The van der Waals surface area contributed by atoms with Crippen LogP contribution in [0.25, 0.3) is 0 Å². The molecule has 0 fully saturated rings. The van der Waals surface area contributed by atoms with Gasteiger partial charge in [0.25, 0.3) is 0 Å². The summed E-state index contributed by atoms with van der Waals surface area (Å²) in [6, 6.07) is 11.2. The molecule has 0 heterocycles. The molecule has 0 N–H and O–H groups in total. The SMILES string of the molecule is CCc1[c-]cccc1.[Y+3]. The van der Waals surface area contributed by atoms with E-state index < -0.39 is 0 Å². The second-order valence-electron chi connectivity index (χ2n) is 1.74. The molecule has 0 aliphatic heterocycles. The second-order valence-corrected chi connectivity index (χ2v) is 1.74. The van der Waals surface area contributed by atoms with Gasteiger partial charge in [0.1, 0.15) is 0 Å². The number of rotatable bonds is 1. The smallest absolute Gasteiger partial charge is 0.180 e. The molecule has 1 rings (SSSR count). The first-order valence-electron chi connectivity index (χ1n) is 2.89. The number of aryl methyl sites for hydroxylation is 1. The molecule has 0 radical (unpaired) electrons. The van der Waals surface area contributed by atoms with Gasteiger partial charge in [-0.1, -0.05) is 13.3 Å². The van der Waals surface area contributed by atoms with E-state index in [1.165, 1.54) is 5.56 Å². The van der Waals surface area contributed by atoms with Crippen molar-refractivity contribution in [2.45, 2.75) is 13.3 Å². The fraction of sp³-hybridized carbons (Fsp3) is 0.250. The maximum Gasteiger partial charge on any atom is 3.00 e. The van der Waals surface area contributed by atoms with Crippen LogP contribution in [0.5, 0.6) is 0 Å². The predicted octanol–water partition coefficient (Wildman–Crippen LogP) is 2.05. The van der Waals surface area contributed by atoms with E-state index in [1.807, 2.05) is 18.2 Å². The predicted molar refractivity (Wildman–Crippen MR) is 34.7 cm³/mol. The van der Waals surface area contributed by atoms with Crippen LogP contribution in [0.3, 0.4) is 0 Å². The van der Waals surface area contributed by atoms with E-state index in [0.717, 1.165) is 6.42 Å². The Morgan fingerprint density at radius 3 is 2.56 bits per heavy atom. The van der Waals surface area contributed by atoms with Crippen molar-refractivity contribution in [2.24, 2.45) is 0 Å². The molecule has 42 valence electrons. The van der Waals surface area contributed by atoms with Crippen LogP contribution in [0.1, 0.15) is 12.5 Å². The van der Waals surface area contributed by atoms with Crippen molar-refractivity contribution < 1.29 is 32.7 Å². The summed E-state index contributed by atoms with van der Waals surface area (Å²) in [5.41, 5.74) is 1.28. The molecule has 0 unspecified atom stereocenters. The van der Waals surface area contributed by atoms with Crippen molar-refractivity contribution in [2.75, 3.05) is 0 Å². The minimum atomic E-state index is 0. The standard InChI is InChI=1S/C8H9.Y/c1-2-8-6-4-3-5-7-8;/h3-6H,2H2,1H3;/q-1;+3. The normalized spacial score (nSPS) is 8.11. The fourth-order valence-electron chi connectivity index (χ4n) is 0.650. The van der Waals surface area contributed by atoms with Crippen molar-refractivity contribution in [3.05, 3.63) is 35.9 Å². The van der Waals surface area contributed by atoms with Crippen LogP contribution < -0.4 is 0 Å². The van der Waals surface area contributed by atoms with Gasteiger partial charge in [0.2, 0.25) is 0 Å². The van der Waals surface area contributed by atoms with Crippen molar-refractivity contribution >= 4 is 0 Å². The zero-order valence-electron chi connectivity index (χ0n) is 5.59. The van der Waals surface area contributed by atoms with Gasteiger partial charge < -0.3 is 0 Å². The van der Waals surface area contributed by atoms with Gasteiger partial charge in [0.05, 0.1) is 0 Å². The van der Waals surface area contributed by atoms with Crippen molar-refractivity contribution in [3.63, 3.8) is 0 Å². The summed E-state index contributed by atoms with van der Waals surface area (Å²) in [4.78, 5) is 0. The topological polar surface area (TPSA) is 0 Å². The third-order valence-corrected chi connectivity index (χ3v) is 1.15. The van der Waals surface area contributed by atoms with Crippen LogP contribution in [-0.2, 0) is 39.1 Å². The maximum absolute atomic E-state index is 3.12. The number of benzene rings is 1. The van der Waals surface area contributed by atoms with Gasteiger partial charge in [-0.15, -0.1) is 0 Å². The summed E-state index contributed by atoms with van der Waals surface area (Å²) < 4.78 is 0. The number of hydrogen-bond acceptors (Lipinski definition) is 0. The number of hydrogen-bond donors (Lipinski definition) is 0. The minimum absolute atomic E-state index is 0. The largest absolute Gasteiger partial charge is 3.00 e. The first kappa shape index (κ1) is 9.32. The first-order valence-corrected chi connectivity index (χ1v) is 2.89. The summed E-state index contributed by atoms with van der Waals surface area (Å²) in [7, 11) is 0. The third-order valence-electron chi connectivity index (χ3n) is 1.15. The molecule has 0 aromatic heterocycles. The molecule has 0 saturated carbocycles. The maximum atomic E-state index is 3.12. The summed E-state index contributed by atoms with van der Waals surface area (Å²) in [6.07, 6.45) is 1.08. The van der Waals surface area contributed by atoms with Gasteiger partial charge in [-0.2, -0.15) is 35.9 Å². The van der Waals surface area contributed by atoms with Crippen molar-refractivity contribution in [3.8, 4) is 0 Å². The molecule has 0 atom stereocenters. The van der Waals surface area contributed by atoms with E-state index >= 15 is 0 Å². The Balaban J connectivity index is 0.000000640. The van der Waals surface area contributed by atoms with Crippen molar-refractivity contribution in [1.29, 1.82) is 0 Å². The molecule has 1 aromatic carbocycles. The average molecular weight is 194 g/mol. The van der Waals surface area contributed by atoms with Crippen LogP contribution >= 0.6 is 0 Å². The minimum Gasteiger partial charge on any atom is -0.180 e. The Labute approximate surface area is 81.5 Å². The quantitative estimate of drug-likeness (QED) is 0.600. The van der Waals surface area contributed by atoms with Gasteiger partial charge in [0, 0.05) is 0 Å². The van der Waals surface area contributed by atoms with Crippen LogP contribution in [0, 0.1) is 6.07 Å². The second kappa shape index (κ2) is 5.14. The van der Waals surface area contributed by atoms with E-state index in [2.05, 4.69) is 19.1 Å². The molecule has 9 heavy (non-hydrogen) atoms. The van der Waals surface area contributed by atoms with Crippen LogP contribution in [0.15, 0.2) is 24.3 Å². The van der Waals surface area contributed by atoms with Gasteiger partial charge >= 0.3 is 32.7 Å². The fourth-order valence-corrected chi connectivity index (χ4v) is 0.650. The van der Waals surface area contributed by atoms with Crippen LogP contribution in [0.2, 0.25) is 0 Å². The Morgan fingerprint density at radius 1 is 1.44 bits per heavy atom. The molecule has 1 heteroatoms. The molecular formula is C8H9Y+2. The Hall–Kier alpha value is 0.324. The van der Waals surface area contributed by atoms with E-state index in [-0.39, 0.29) is 32.7 Å². The summed E-state index contributed by atoms with van der Waals surface area (Å²) in [5, 5.41) is 0. The summed E-state index contributed by atoms with van der Waals surface area (Å²) in [5.74, 6) is 0.